The molecule has 1 N–H and O–H groups in total. The fraction of sp³-hybridized carbons (Fsp3) is 0.0625. The molecule has 0 fully saturated rings. The highest BCUT2D eigenvalue weighted by Gasteiger charge is 2.01. The smallest absolute Gasteiger partial charge is 0.312 e. The van der Waals surface area contributed by atoms with E-state index in [1.165, 1.54) is 5.56 Å². The van der Waals surface area contributed by atoms with Crippen LogP contribution in [0.1, 0.15) is 16.7 Å². The molecule has 96 valence electrons. The normalized spacial score (nSPS) is 10.6. The fourth-order valence-electron chi connectivity index (χ4n) is 1.82. The van der Waals surface area contributed by atoms with Crippen molar-refractivity contribution in [3.63, 3.8) is 0 Å². The number of anilines is 1. The number of carbonyl (C=O) groups excluding carboxylic acids is 1. The third kappa shape index (κ3) is 3.70. The molecule has 2 nitrogen and oxygen atoms in total. The molecule has 0 aliphatic carbocycles. The Hall–Kier alpha value is -2.06. The Bertz CT molecular complexity index is 620. The molecule has 0 aliphatic rings. The first-order chi connectivity index (χ1) is 9.16. The van der Waals surface area contributed by atoms with E-state index in [1.807, 2.05) is 48.6 Å². The maximum absolute atomic E-state index is 10.9. The molecule has 0 saturated heterocycles. The van der Waals surface area contributed by atoms with Gasteiger partial charge in [-0.15, -0.1) is 0 Å². The minimum atomic E-state index is -0.586. The third-order valence-electron chi connectivity index (χ3n) is 2.82. The van der Waals surface area contributed by atoms with Crippen molar-refractivity contribution in [2.24, 2.45) is 0 Å². The topological polar surface area (TPSA) is 29.1 Å². The Balaban J connectivity index is 2.28. The highest BCUT2D eigenvalue weighted by molar-refractivity contribution is 6.65. The molecule has 0 spiro atoms. The summed E-state index contributed by atoms with van der Waals surface area (Å²) in [4.78, 5) is 10.9. The van der Waals surface area contributed by atoms with E-state index in [4.69, 9.17) is 11.6 Å². The maximum Gasteiger partial charge on any atom is 0.318 e. The summed E-state index contributed by atoms with van der Waals surface area (Å²) in [6.45, 7) is 2.06. The summed E-state index contributed by atoms with van der Waals surface area (Å²) in [5.74, 6) is 0. The van der Waals surface area contributed by atoms with Gasteiger partial charge >= 0.3 is 5.37 Å². The van der Waals surface area contributed by atoms with Crippen LogP contribution in [0.25, 0.3) is 12.2 Å². The number of nitrogens with one attached hydrogen (secondary N) is 1. The van der Waals surface area contributed by atoms with Gasteiger partial charge in [0.15, 0.2) is 0 Å². The van der Waals surface area contributed by atoms with Crippen LogP contribution in [-0.4, -0.2) is 5.37 Å². The number of hydrogen-bond donors (Lipinski definition) is 1. The summed E-state index contributed by atoms with van der Waals surface area (Å²) in [7, 11) is 0. The summed E-state index contributed by atoms with van der Waals surface area (Å²) < 4.78 is 0. The molecule has 3 heteroatoms. The Labute approximate surface area is 117 Å². The first kappa shape index (κ1) is 13.4. The quantitative estimate of drug-likeness (QED) is 0.478. The van der Waals surface area contributed by atoms with E-state index in [9.17, 15) is 4.79 Å². The van der Waals surface area contributed by atoms with E-state index in [-0.39, 0.29) is 0 Å². The van der Waals surface area contributed by atoms with Gasteiger partial charge in [0, 0.05) is 5.69 Å². The van der Waals surface area contributed by atoms with E-state index in [1.54, 1.807) is 0 Å². The second-order valence-corrected chi connectivity index (χ2v) is 4.52. The van der Waals surface area contributed by atoms with Crippen LogP contribution in [0.2, 0.25) is 0 Å². The molecule has 0 heterocycles. The number of halogens is 1. The second-order valence-electron chi connectivity index (χ2n) is 4.18. The monoisotopic (exact) mass is 271 g/mol. The lowest BCUT2D eigenvalue weighted by Gasteiger charge is -2.05. The molecule has 0 aromatic heterocycles. The maximum atomic E-state index is 10.9. The van der Waals surface area contributed by atoms with E-state index in [2.05, 4.69) is 24.4 Å². The standard InChI is InChI=1S/C16H14ClNO/c1-12-6-2-3-7-13(12)10-11-14-8-4-5-9-15(14)18-16(17)19/h2-11H,1H3,(H,18,19)/b11-10-. The zero-order valence-corrected chi connectivity index (χ0v) is 11.3. The molecule has 19 heavy (non-hydrogen) atoms. The summed E-state index contributed by atoms with van der Waals surface area (Å²) in [6, 6.07) is 15.6. The van der Waals surface area contributed by atoms with Crippen LogP contribution in [0.5, 0.6) is 0 Å². The summed E-state index contributed by atoms with van der Waals surface area (Å²) in [5.41, 5.74) is 3.97. The predicted octanol–water partition coefficient (Wildman–Crippen LogP) is 4.94. The number of rotatable bonds is 3. The lowest BCUT2D eigenvalue weighted by molar-refractivity contribution is 0.269. The summed E-state index contributed by atoms with van der Waals surface area (Å²) in [6.07, 6.45) is 3.99. The van der Waals surface area contributed by atoms with Crippen molar-refractivity contribution in [1.29, 1.82) is 0 Å². The van der Waals surface area contributed by atoms with Crippen molar-refractivity contribution < 1.29 is 4.79 Å². The number of amides is 1. The Kier molecular flexibility index (Phi) is 4.37. The van der Waals surface area contributed by atoms with E-state index in [0.29, 0.717) is 5.69 Å². The van der Waals surface area contributed by atoms with Gasteiger partial charge < -0.3 is 5.32 Å². The lowest BCUT2D eigenvalue weighted by Crippen LogP contribution is -2.02. The molecular formula is C16H14ClNO. The minimum absolute atomic E-state index is 0.586. The number of hydrogen-bond acceptors (Lipinski definition) is 1. The first-order valence-corrected chi connectivity index (χ1v) is 6.34. The average molecular weight is 272 g/mol. The Morgan fingerprint density at radius 1 is 1.00 bits per heavy atom. The molecule has 0 aliphatic heterocycles. The lowest BCUT2D eigenvalue weighted by atomic mass is 10.1. The average Bonchev–Trinajstić information content (AvgIpc) is 2.39. The SMILES string of the molecule is Cc1ccccc1/C=C\c1ccccc1NC(=O)Cl. The third-order valence-corrected chi connectivity index (χ3v) is 2.92. The van der Waals surface area contributed by atoms with Gasteiger partial charge in [-0.25, -0.2) is 0 Å². The van der Waals surface area contributed by atoms with Gasteiger partial charge in [0.1, 0.15) is 0 Å². The molecule has 2 aromatic carbocycles. The zero-order valence-electron chi connectivity index (χ0n) is 10.6. The van der Waals surface area contributed by atoms with Crippen LogP contribution >= 0.6 is 11.6 Å². The van der Waals surface area contributed by atoms with Crippen molar-refractivity contribution in [3.8, 4) is 0 Å². The highest BCUT2D eigenvalue weighted by atomic mass is 35.5. The van der Waals surface area contributed by atoms with Crippen LogP contribution in [0.3, 0.4) is 0 Å². The van der Waals surface area contributed by atoms with Gasteiger partial charge in [-0.3, -0.25) is 4.79 Å². The van der Waals surface area contributed by atoms with Crippen molar-refractivity contribution in [2.45, 2.75) is 6.92 Å². The molecular weight excluding hydrogens is 258 g/mol. The summed E-state index contributed by atoms with van der Waals surface area (Å²) in [5, 5.41) is 2.01. The van der Waals surface area contributed by atoms with Gasteiger partial charge in [0.05, 0.1) is 0 Å². The van der Waals surface area contributed by atoms with Gasteiger partial charge in [0.25, 0.3) is 0 Å². The number of benzene rings is 2. The first-order valence-electron chi connectivity index (χ1n) is 5.96. The van der Waals surface area contributed by atoms with Crippen molar-refractivity contribution in [1.82, 2.24) is 0 Å². The van der Waals surface area contributed by atoms with Gasteiger partial charge in [-0.2, -0.15) is 0 Å². The molecule has 0 atom stereocenters. The van der Waals surface area contributed by atoms with Gasteiger partial charge in [-0.05, 0) is 41.3 Å². The van der Waals surface area contributed by atoms with Crippen LogP contribution in [-0.2, 0) is 0 Å². The largest absolute Gasteiger partial charge is 0.318 e. The van der Waals surface area contributed by atoms with Gasteiger partial charge in [0.2, 0.25) is 0 Å². The summed E-state index contributed by atoms with van der Waals surface area (Å²) >= 11 is 5.35. The van der Waals surface area contributed by atoms with Gasteiger partial charge in [-0.1, -0.05) is 54.6 Å². The number of para-hydroxylation sites is 1. The van der Waals surface area contributed by atoms with Crippen molar-refractivity contribution in [2.75, 3.05) is 5.32 Å². The van der Waals surface area contributed by atoms with E-state index in [0.717, 1.165) is 11.1 Å². The Morgan fingerprint density at radius 3 is 2.26 bits per heavy atom. The molecule has 0 unspecified atom stereocenters. The zero-order chi connectivity index (χ0) is 13.7. The van der Waals surface area contributed by atoms with E-state index < -0.39 is 5.37 Å². The van der Waals surface area contributed by atoms with E-state index >= 15 is 0 Å². The molecule has 2 rings (SSSR count). The van der Waals surface area contributed by atoms with Crippen molar-refractivity contribution in [3.05, 3.63) is 65.2 Å². The molecule has 0 saturated carbocycles. The Morgan fingerprint density at radius 2 is 1.58 bits per heavy atom. The second kappa shape index (κ2) is 6.21. The number of carbonyl (C=O) groups is 1. The van der Waals surface area contributed by atoms with Crippen LogP contribution in [0.4, 0.5) is 10.5 Å². The van der Waals surface area contributed by atoms with Crippen LogP contribution < -0.4 is 5.32 Å². The van der Waals surface area contributed by atoms with Crippen molar-refractivity contribution >= 4 is 34.8 Å². The van der Waals surface area contributed by atoms with Crippen LogP contribution in [0, 0.1) is 6.92 Å². The molecule has 0 bridgehead atoms. The predicted molar refractivity (Wildman–Crippen MR) is 81.4 cm³/mol. The minimum Gasteiger partial charge on any atom is -0.312 e. The number of aryl methyl sites for hydroxylation is 1. The highest BCUT2D eigenvalue weighted by Crippen LogP contribution is 2.19. The molecule has 2 aromatic rings. The molecule has 1 amide bonds. The van der Waals surface area contributed by atoms with Crippen LogP contribution in [0.15, 0.2) is 48.5 Å². The fourth-order valence-corrected chi connectivity index (χ4v) is 1.92. The molecule has 0 radical (unpaired) electrons.